The molecule has 180 valence electrons. The fourth-order valence-corrected chi connectivity index (χ4v) is 2.16. The summed E-state index contributed by atoms with van der Waals surface area (Å²) in [5.41, 5.74) is 0. The van der Waals surface area contributed by atoms with Crippen molar-refractivity contribution in [2.24, 2.45) is 0 Å². The van der Waals surface area contributed by atoms with Crippen molar-refractivity contribution in [1.82, 2.24) is 21.3 Å². The van der Waals surface area contributed by atoms with Gasteiger partial charge in [0.2, 0.25) is 23.6 Å². The number of carbonyl (C=O) groups is 7. The molecular weight excluding hydrogens is 444 g/mol. The molecule has 0 aliphatic heterocycles. The second-order valence-corrected chi connectivity index (χ2v) is 7.65. The van der Waals surface area contributed by atoms with Crippen molar-refractivity contribution >= 4 is 54.8 Å². The third-order valence-corrected chi connectivity index (χ3v) is 4.11. The first-order valence-electron chi connectivity index (χ1n) is 10.3. The van der Waals surface area contributed by atoms with Gasteiger partial charge in [0.05, 0.1) is 23.8 Å². The highest BCUT2D eigenvalue weighted by Crippen LogP contribution is 2.02. The smallest absolute Gasteiger partial charge is 0.308 e. The zero-order valence-corrected chi connectivity index (χ0v) is 19.2. The molecule has 32 heavy (non-hydrogen) atoms. The fourth-order valence-electron chi connectivity index (χ4n) is 2.09. The van der Waals surface area contributed by atoms with E-state index < -0.39 is 78.3 Å². The molecule has 0 aromatic heterocycles. The number of carbonyl (C=O) groups excluding carboxylic acids is 7. The van der Waals surface area contributed by atoms with E-state index in [1.165, 1.54) is 20.8 Å². The molecule has 0 aliphatic carbocycles. The zero-order chi connectivity index (χ0) is 25.7. The van der Waals surface area contributed by atoms with E-state index in [-0.39, 0.29) is 6.42 Å². The van der Waals surface area contributed by atoms with E-state index in [9.17, 15) is 33.6 Å². The molecule has 0 aromatic carbocycles. The third kappa shape index (κ3) is 11.4. The van der Waals surface area contributed by atoms with E-state index in [1.807, 2.05) is 0 Å². The van der Waals surface area contributed by atoms with E-state index in [4.69, 9.17) is 6.11 Å². The average molecular weight is 477 g/mol. The molecule has 13 heteroatoms. The maximum atomic E-state index is 12.4. The number of nitrogens with one attached hydrogen (secondary N) is 4. The average Bonchev–Trinajstić information content (AvgIpc) is 2.74. The van der Waals surface area contributed by atoms with E-state index in [1.54, 1.807) is 6.92 Å². The van der Waals surface area contributed by atoms with Gasteiger partial charge in [-0.05, 0) is 20.8 Å². The highest BCUT2D eigenvalue weighted by Gasteiger charge is 2.28. The lowest BCUT2D eigenvalue weighted by Gasteiger charge is -2.21. The Morgan fingerprint density at radius 1 is 0.906 bits per heavy atom. The van der Waals surface area contributed by atoms with Crippen LogP contribution in [-0.2, 0) is 38.3 Å². The maximum absolute atomic E-state index is 12.4. The Morgan fingerprint density at radius 3 is 1.97 bits per heavy atom. The van der Waals surface area contributed by atoms with Gasteiger partial charge in [0.25, 0.3) is 0 Å². The zero-order valence-electron chi connectivity index (χ0n) is 19.3. The van der Waals surface area contributed by atoms with Gasteiger partial charge in [0.15, 0.2) is 0 Å². The molecule has 5 unspecified atom stereocenters. The van der Waals surface area contributed by atoms with Crippen molar-refractivity contribution in [3.05, 3.63) is 0 Å². The Hall–Kier alpha value is -2.96. The van der Waals surface area contributed by atoms with Crippen LogP contribution in [0.15, 0.2) is 0 Å². The summed E-state index contributed by atoms with van der Waals surface area (Å²) < 4.78 is 12.0. The largest absolute Gasteiger partial charge is 0.463 e. The number of thiol groups is 1. The number of esters is 1. The standard InChI is InChI=1S/C19H30N4O8S/c1-5-15(26)22-14(19(30)21-11(3)8-25)9-31-16(27)6-13(23-17(28)12(4)32)18(29)20-10(2)7-24/h7-8,10-14,32H,5-6,9H2,1-4H3,(H,20,29)(H,21,30)(H,22,26)(H,23,28)/i7T. The highest BCUT2D eigenvalue weighted by atomic mass is 32.1. The second kappa shape index (κ2) is 14.9. The van der Waals surface area contributed by atoms with Gasteiger partial charge in [-0.3, -0.25) is 24.0 Å². The van der Waals surface area contributed by atoms with Crippen LogP contribution in [0.2, 0.25) is 0 Å². The van der Waals surface area contributed by atoms with Gasteiger partial charge < -0.3 is 35.6 Å². The summed E-state index contributed by atoms with van der Waals surface area (Å²) in [6.45, 7) is 5.04. The molecule has 0 saturated carbocycles. The Kier molecular flexibility index (Phi) is 12.6. The number of amides is 4. The topological polar surface area (TPSA) is 177 Å². The lowest BCUT2D eigenvalue weighted by Crippen LogP contribution is -2.53. The first-order chi connectivity index (χ1) is 15.3. The molecule has 4 amide bonds. The van der Waals surface area contributed by atoms with Crippen molar-refractivity contribution < 1.29 is 39.7 Å². The summed E-state index contributed by atoms with van der Waals surface area (Å²) in [7, 11) is 0. The summed E-state index contributed by atoms with van der Waals surface area (Å²) in [5, 5.41) is 8.34. The Morgan fingerprint density at radius 2 is 1.47 bits per heavy atom. The fraction of sp³-hybridized carbons (Fsp3) is 0.632. The van der Waals surface area contributed by atoms with Crippen molar-refractivity contribution in [1.29, 1.82) is 0 Å². The molecule has 0 radical (unpaired) electrons. The summed E-state index contributed by atoms with van der Waals surface area (Å²) in [5.74, 6) is -3.86. The van der Waals surface area contributed by atoms with Crippen LogP contribution in [0.1, 0.15) is 41.9 Å². The van der Waals surface area contributed by atoms with E-state index in [0.29, 0.717) is 6.29 Å². The quantitative estimate of drug-likeness (QED) is 0.109. The van der Waals surface area contributed by atoms with Gasteiger partial charge in [-0.2, -0.15) is 12.6 Å². The summed E-state index contributed by atoms with van der Waals surface area (Å²) in [6, 6.07) is -4.78. The van der Waals surface area contributed by atoms with Gasteiger partial charge in [-0.1, -0.05) is 6.92 Å². The van der Waals surface area contributed by atoms with E-state index >= 15 is 0 Å². The molecule has 0 rings (SSSR count). The predicted octanol–water partition coefficient (Wildman–Crippen LogP) is -1.98. The summed E-state index contributed by atoms with van der Waals surface area (Å²) in [6.07, 6.45) is -1.23. The van der Waals surface area contributed by atoms with E-state index in [0.717, 1.165) is 0 Å². The lowest BCUT2D eigenvalue weighted by atomic mass is 10.1. The summed E-state index contributed by atoms with van der Waals surface area (Å²) >= 11 is 3.94. The minimum absolute atomic E-state index is 0.0457. The Labute approximate surface area is 192 Å². The van der Waals surface area contributed by atoms with Crippen LogP contribution in [0, 0.1) is 0 Å². The van der Waals surface area contributed by atoms with Gasteiger partial charge >= 0.3 is 5.97 Å². The first kappa shape index (κ1) is 27.1. The second-order valence-electron chi connectivity index (χ2n) is 6.88. The minimum atomic E-state index is -1.45. The van der Waals surface area contributed by atoms with Gasteiger partial charge in [0.1, 0.15) is 32.6 Å². The Balaban J connectivity index is 5.29. The normalized spacial score (nSPS) is 15.5. The summed E-state index contributed by atoms with van der Waals surface area (Å²) in [4.78, 5) is 82.4. The van der Waals surface area contributed by atoms with Crippen molar-refractivity contribution in [2.75, 3.05) is 6.61 Å². The van der Waals surface area contributed by atoms with E-state index in [2.05, 4.69) is 33.9 Å². The SMILES string of the molecule is [3H]C(=O)C(C)NC(=O)C(CC(=O)OCC(NC(=O)CC)C(=O)NC(C)C=O)NC(=O)C(C)S. The predicted molar refractivity (Wildman–Crippen MR) is 116 cm³/mol. The number of aldehydes is 2. The minimum Gasteiger partial charge on any atom is -0.463 e. The monoisotopic (exact) mass is 476 g/mol. The van der Waals surface area contributed by atoms with Crippen molar-refractivity contribution in [3.8, 4) is 0 Å². The van der Waals surface area contributed by atoms with Gasteiger partial charge in [-0.15, -0.1) is 0 Å². The molecule has 0 aliphatic rings. The molecule has 0 saturated heterocycles. The first-order valence-corrected chi connectivity index (χ1v) is 10.3. The molecular formula is C19H30N4O8S. The van der Waals surface area contributed by atoms with Gasteiger partial charge in [0, 0.05) is 6.42 Å². The van der Waals surface area contributed by atoms with Crippen LogP contribution in [0.25, 0.3) is 0 Å². The molecule has 0 aromatic rings. The third-order valence-electron chi connectivity index (χ3n) is 3.88. The number of rotatable bonds is 14. The van der Waals surface area contributed by atoms with Crippen molar-refractivity contribution in [2.45, 2.75) is 70.0 Å². The molecule has 0 heterocycles. The van der Waals surface area contributed by atoms with Crippen LogP contribution < -0.4 is 21.3 Å². The lowest BCUT2D eigenvalue weighted by molar-refractivity contribution is -0.148. The molecule has 0 bridgehead atoms. The number of hydrogen-bond donors (Lipinski definition) is 5. The molecule has 4 N–H and O–H groups in total. The van der Waals surface area contributed by atoms with Crippen LogP contribution in [0.5, 0.6) is 0 Å². The molecule has 12 nitrogen and oxygen atoms in total. The molecule has 0 spiro atoms. The number of hydrogen-bond acceptors (Lipinski definition) is 9. The highest BCUT2D eigenvalue weighted by molar-refractivity contribution is 7.81. The van der Waals surface area contributed by atoms with Crippen LogP contribution in [-0.4, -0.2) is 78.2 Å². The van der Waals surface area contributed by atoms with Crippen molar-refractivity contribution in [3.63, 3.8) is 0 Å². The van der Waals surface area contributed by atoms with Crippen LogP contribution in [0.4, 0.5) is 0 Å². The van der Waals surface area contributed by atoms with Crippen LogP contribution >= 0.6 is 12.6 Å². The number of ether oxygens (including phenoxy) is 1. The maximum Gasteiger partial charge on any atom is 0.308 e. The van der Waals surface area contributed by atoms with Crippen LogP contribution in [0.3, 0.4) is 0 Å². The molecule has 0 fully saturated rings. The Bertz CT molecular complexity index is 764. The molecule has 5 atom stereocenters. The van der Waals surface area contributed by atoms with Gasteiger partial charge in [-0.25, -0.2) is 0 Å².